The smallest absolute Gasteiger partial charge is 0.388 e. The molecule has 0 radical (unpaired) electrons. The van der Waals surface area contributed by atoms with E-state index in [1.54, 1.807) is 13.8 Å². The van der Waals surface area contributed by atoms with Crippen molar-refractivity contribution >= 4 is 5.91 Å². The Balaban J connectivity index is 2.92. The van der Waals surface area contributed by atoms with Crippen LogP contribution in [-0.2, 0) is 6.54 Å². The molecule has 0 fully saturated rings. The number of hydrogen-bond acceptors (Lipinski definition) is 2. The SMILES string of the molecule is CC(C)(O)C(C)(C)NC(=O)c1cccn1CC(F)(F)F. The molecule has 1 amide bonds. The maximum atomic E-state index is 12.4. The van der Waals surface area contributed by atoms with Crippen molar-refractivity contribution in [1.82, 2.24) is 9.88 Å². The molecule has 0 unspecified atom stereocenters. The predicted molar refractivity (Wildman–Crippen MR) is 68.3 cm³/mol. The molecule has 0 saturated carbocycles. The second kappa shape index (κ2) is 5.12. The van der Waals surface area contributed by atoms with Crippen LogP contribution in [0, 0.1) is 0 Å². The minimum absolute atomic E-state index is 0.0975. The topological polar surface area (TPSA) is 54.3 Å². The van der Waals surface area contributed by atoms with Gasteiger partial charge in [-0.2, -0.15) is 13.2 Å². The summed E-state index contributed by atoms with van der Waals surface area (Å²) in [5.74, 6) is -0.661. The number of rotatable bonds is 4. The molecule has 0 bridgehead atoms. The maximum Gasteiger partial charge on any atom is 0.406 e. The van der Waals surface area contributed by atoms with Gasteiger partial charge < -0.3 is 15.0 Å². The van der Waals surface area contributed by atoms with E-state index in [4.69, 9.17) is 0 Å². The van der Waals surface area contributed by atoms with Gasteiger partial charge >= 0.3 is 6.18 Å². The first kappa shape index (κ1) is 16.6. The number of halogens is 3. The minimum Gasteiger partial charge on any atom is -0.388 e. The van der Waals surface area contributed by atoms with Gasteiger partial charge in [0.1, 0.15) is 12.2 Å². The number of aromatic nitrogens is 1. The highest BCUT2D eigenvalue weighted by Gasteiger charge is 2.37. The van der Waals surface area contributed by atoms with Crippen LogP contribution in [0.25, 0.3) is 0 Å². The fraction of sp³-hybridized carbons (Fsp3) is 0.615. The van der Waals surface area contributed by atoms with Crippen molar-refractivity contribution in [3.63, 3.8) is 0 Å². The quantitative estimate of drug-likeness (QED) is 0.895. The van der Waals surface area contributed by atoms with E-state index >= 15 is 0 Å². The second-order valence-electron chi connectivity index (χ2n) is 5.77. The Hall–Kier alpha value is -1.50. The summed E-state index contributed by atoms with van der Waals surface area (Å²) < 4.78 is 38.0. The molecule has 1 heterocycles. The number of carbonyl (C=O) groups excluding carboxylic acids is 1. The summed E-state index contributed by atoms with van der Waals surface area (Å²) in [6, 6.07) is 2.68. The zero-order valence-corrected chi connectivity index (χ0v) is 11.9. The van der Waals surface area contributed by atoms with Crippen molar-refractivity contribution in [1.29, 1.82) is 0 Å². The summed E-state index contributed by atoms with van der Waals surface area (Å²) >= 11 is 0. The second-order valence-corrected chi connectivity index (χ2v) is 5.77. The molecule has 1 aromatic rings. The molecule has 7 heteroatoms. The Morgan fingerprint density at radius 1 is 1.30 bits per heavy atom. The average Bonchev–Trinajstić information content (AvgIpc) is 2.60. The largest absolute Gasteiger partial charge is 0.406 e. The van der Waals surface area contributed by atoms with E-state index in [0.717, 1.165) is 4.57 Å². The molecule has 0 aromatic carbocycles. The Morgan fingerprint density at radius 3 is 2.30 bits per heavy atom. The van der Waals surface area contributed by atoms with Gasteiger partial charge in [-0.05, 0) is 39.8 Å². The van der Waals surface area contributed by atoms with E-state index < -0.39 is 29.8 Å². The maximum absolute atomic E-state index is 12.4. The van der Waals surface area contributed by atoms with Gasteiger partial charge in [-0.3, -0.25) is 4.79 Å². The van der Waals surface area contributed by atoms with Crippen molar-refractivity contribution in [2.45, 2.75) is 51.6 Å². The molecule has 114 valence electrons. The molecular formula is C13H19F3N2O2. The van der Waals surface area contributed by atoms with Crippen LogP contribution in [0.15, 0.2) is 18.3 Å². The highest BCUT2D eigenvalue weighted by molar-refractivity contribution is 5.93. The summed E-state index contributed by atoms with van der Waals surface area (Å²) in [6.45, 7) is 5.00. The summed E-state index contributed by atoms with van der Waals surface area (Å²) in [5.41, 5.74) is -2.30. The normalized spacial score (nSPS) is 13.4. The molecule has 20 heavy (non-hydrogen) atoms. The third-order valence-electron chi connectivity index (χ3n) is 3.37. The molecule has 1 rings (SSSR count). The molecule has 0 aliphatic rings. The van der Waals surface area contributed by atoms with E-state index in [-0.39, 0.29) is 5.69 Å². The number of aliphatic hydroxyl groups is 1. The number of carbonyl (C=O) groups is 1. The third-order valence-corrected chi connectivity index (χ3v) is 3.37. The number of amides is 1. The van der Waals surface area contributed by atoms with Gasteiger partial charge in [0, 0.05) is 6.20 Å². The van der Waals surface area contributed by atoms with Crippen molar-refractivity contribution in [2.75, 3.05) is 0 Å². The standard InChI is InChI=1S/C13H19F3N2O2/c1-11(2,12(3,4)20)17-10(19)9-6-5-7-18(9)8-13(14,15)16/h5-7,20H,8H2,1-4H3,(H,17,19). The molecule has 2 N–H and O–H groups in total. The zero-order chi connectivity index (χ0) is 15.8. The van der Waals surface area contributed by atoms with E-state index in [0.29, 0.717) is 0 Å². The molecule has 1 aromatic heterocycles. The number of alkyl halides is 3. The van der Waals surface area contributed by atoms with E-state index in [1.165, 1.54) is 32.2 Å². The predicted octanol–water partition coefficient (Wildman–Crippen LogP) is 2.33. The van der Waals surface area contributed by atoms with Crippen LogP contribution in [0.4, 0.5) is 13.2 Å². The van der Waals surface area contributed by atoms with Crippen molar-refractivity contribution in [3.8, 4) is 0 Å². The minimum atomic E-state index is -4.40. The zero-order valence-electron chi connectivity index (χ0n) is 11.9. The highest BCUT2D eigenvalue weighted by atomic mass is 19.4. The summed E-state index contributed by atoms with van der Waals surface area (Å²) in [7, 11) is 0. The van der Waals surface area contributed by atoms with Gasteiger partial charge in [-0.15, -0.1) is 0 Å². The highest BCUT2D eigenvalue weighted by Crippen LogP contribution is 2.22. The Kier molecular flexibility index (Phi) is 4.24. The fourth-order valence-corrected chi connectivity index (χ4v) is 1.45. The first-order valence-corrected chi connectivity index (χ1v) is 6.10. The lowest BCUT2D eigenvalue weighted by Gasteiger charge is -2.38. The molecule has 0 saturated heterocycles. The molecule has 0 atom stereocenters. The average molecular weight is 292 g/mol. The number of nitrogens with one attached hydrogen (secondary N) is 1. The first-order valence-electron chi connectivity index (χ1n) is 6.10. The van der Waals surface area contributed by atoms with Crippen LogP contribution in [0.2, 0.25) is 0 Å². The van der Waals surface area contributed by atoms with Crippen molar-refractivity contribution in [3.05, 3.63) is 24.0 Å². The fourth-order valence-electron chi connectivity index (χ4n) is 1.45. The molecular weight excluding hydrogens is 273 g/mol. The van der Waals surface area contributed by atoms with Crippen LogP contribution in [0.3, 0.4) is 0 Å². The van der Waals surface area contributed by atoms with Crippen LogP contribution in [0.5, 0.6) is 0 Å². The Bertz CT molecular complexity index is 485. The van der Waals surface area contributed by atoms with Gasteiger partial charge in [-0.25, -0.2) is 0 Å². The van der Waals surface area contributed by atoms with Crippen molar-refractivity contribution < 1.29 is 23.1 Å². The monoisotopic (exact) mass is 292 g/mol. The molecule has 4 nitrogen and oxygen atoms in total. The van der Waals surface area contributed by atoms with Crippen LogP contribution in [-0.4, -0.2) is 32.9 Å². The first-order chi connectivity index (χ1) is 8.83. The lowest BCUT2D eigenvalue weighted by molar-refractivity contribution is -0.140. The van der Waals surface area contributed by atoms with E-state index in [9.17, 15) is 23.1 Å². The number of nitrogens with zero attached hydrogens (tertiary/aromatic N) is 1. The molecule has 0 aliphatic heterocycles. The van der Waals surface area contributed by atoms with Gasteiger partial charge in [0.15, 0.2) is 0 Å². The molecule has 0 aliphatic carbocycles. The summed E-state index contributed by atoms with van der Waals surface area (Å²) in [5, 5.41) is 12.5. The van der Waals surface area contributed by atoms with Gasteiger partial charge in [0.05, 0.1) is 11.1 Å². The third kappa shape index (κ3) is 4.00. The van der Waals surface area contributed by atoms with Gasteiger partial charge in [-0.1, -0.05) is 0 Å². The molecule has 0 spiro atoms. The Morgan fingerprint density at radius 2 is 1.85 bits per heavy atom. The van der Waals surface area contributed by atoms with Crippen LogP contribution < -0.4 is 5.32 Å². The van der Waals surface area contributed by atoms with E-state index in [2.05, 4.69) is 5.32 Å². The van der Waals surface area contributed by atoms with Crippen molar-refractivity contribution in [2.24, 2.45) is 0 Å². The van der Waals surface area contributed by atoms with Crippen LogP contribution >= 0.6 is 0 Å². The van der Waals surface area contributed by atoms with Gasteiger partial charge in [0.2, 0.25) is 0 Å². The van der Waals surface area contributed by atoms with E-state index in [1.807, 2.05) is 0 Å². The summed E-state index contributed by atoms with van der Waals surface area (Å²) in [4.78, 5) is 12.1. The number of hydrogen-bond donors (Lipinski definition) is 2. The Labute approximate surface area is 115 Å². The lowest BCUT2D eigenvalue weighted by atomic mass is 9.86. The summed E-state index contributed by atoms with van der Waals surface area (Å²) in [6.07, 6.45) is -3.21. The van der Waals surface area contributed by atoms with Crippen LogP contribution in [0.1, 0.15) is 38.2 Å². The lowest BCUT2D eigenvalue weighted by Crippen LogP contribution is -2.58. The van der Waals surface area contributed by atoms with Gasteiger partial charge in [0.25, 0.3) is 5.91 Å².